The molecule has 7 heteroatoms. The van der Waals surface area contributed by atoms with Gasteiger partial charge in [0.1, 0.15) is 5.75 Å². The van der Waals surface area contributed by atoms with E-state index >= 15 is 0 Å². The molecule has 4 rings (SSSR count). The van der Waals surface area contributed by atoms with Crippen LogP contribution in [0.25, 0.3) is 0 Å². The molecule has 1 aliphatic heterocycles. The van der Waals surface area contributed by atoms with E-state index in [2.05, 4.69) is 16.3 Å². The van der Waals surface area contributed by atoms with Gasteiger partial charge in [-0.1, -0.05) is 66.7 Å². The highest BCUT2D eigenvalue weighted by molar-refractivity contribution is 6.03. The SMILES string of the molecule is COc1ccc(C2CC(c3ccccc3)=NN2C(=O)CCC(=O)NCc2ccccc2CN(C)C)cc1. The number of methoxy groups -OCH3 is 1. The zero-order valence-corrected chi connectivity index (χ0v) is 21.7. The van der Waals surface area contributed by atoms with Gasteiger partial charge in [0.25, 0.3) is 0 Å². The van der Waals surface area contributed by atoms with Crippen LogP contribution in [0.1, 0.15) is 47.6 Å². The van der Waals surface area contributed by atoms with Crippen LogP contribution in [0.4, 0.5) is 0 Å². The van der Waals surface area contributed by atoms with Crippen molar-refractivity contribution in [2.75, 3.05) is 21.2 Å². The lowest BCUT2D eigenvalue weighted by Gasteiger charge is -2.22. The number of nitrogens with zero attached hydrogens (tertiary/aromatic N) is 3. The van der Waals surface area contributed by atoms with Gasteiger partial charge in [0.05, 0.1) is 18.9 Å². The van der Waals surface area contributed by atoms with Crippen LogP contribution in [0.15, 0.2) is 84.0 Å². The van der Waals surface area contributed by atoms with Gasteiger partial charge in [-0.3, -0.25) is 9.59 Å². The topological polar surface area (TPSA) is 74.2 Å². The first-order valence-electron chi connectivity index (χ1n) is 12.5. The van der Waals surface area contributed by atoms with E-state index < -0.39 is 0 Å². The molecule has 1 heterocycles. The van der Waals surface area contributed by atoms with Crippen molar-refractivity contribution in [3.05, 3.63) is 101 Å². The van der Waals surface area contributed by atoms with Crippen molar-refractivity contribution in [3.63, 3.8) is 0 Å². The second-order valence-electron chi connectivity index (χ2n) is 9.43. The Morgan fingerprint density at radius 1 is 0.946 bits per heavy atom. The van der Waals surface area contributed by atoms with Crippen molar-refractivity contribution in [2.45, 2.75) is 38.4 Å². The first kappa shape index (κ1) is 26.1. The predicted molar refractivity (Wildman–Crippen MR) is 145 cm³/mol. The second kappa shape index (κ2) is 12.3. The van der Waals surface area contributed by atoms with E-state index in [1.54, 1.807) is 12.1 Å². The van der Waals surface area contributed by atoms with Gasteiger partial charge in [0.15, 0.2) is 0 Å². The molecule has 2 amide bonds. The number of benzene rings is 3. The van der Waals surface area contributed by atoms with Gasteiger partial charge in [-0.05, 0) is 48.5 Å². The highest BCUT2D eigenvalue weighted by atomic mass is 16.5. The van der Waals surface area contributed by atoms with Gasteiger partial charge < -0.3 is 15.0 Å². The van der Waals surface area contributed by atoms with Crippen LogP contribution in [0, 0.1) is 0 Å². The lowest BCUT2D eigenvalue weighted by molar-refractivity contribution is -0.135. The molecular formula is C30H34N4O3. The summed E-state index contributed by atoms with van der Waals surface area (Å²) in [5.74, 6) is 0.433. The highest BCUT2D eigenvalue weighted by Gasteiger charge is 2.33. The van der Waals surface area contributed by atoms with Crippen LogP contribution in [-0.2, 0) is 22.7 Å². The third-order valence-electron chi connectivity index (χ3n) is 6.42. The summed E-state index contributed by atoms with van der Waals surface area (Å²) in [6.45, 7) is 1.24. The minimum Gasteiger partial charge on any atom is -0.497 e. The second-order valence-corrected chi connectivity index (χ2v) is 9.43. The van der Waals surface area contributed by atoms with Gasteiger partial charge >= 0.3 is 0 Å². The van der Waals surface area contributed by atoms with Crippen LogP contribution in [0.3, 0.4) is 0 Å². The Morgan fingerprint density at radius 3 is 2.30 bits per heavy atom. The molecule has 37 heavy (non-hydrogen) atoms. The van der Waals surface area contributed by atoms with E-state index in [-0.39, 0.29) is 30.7 Å². The van der Waals surface area contributed by atoms with Crippen LogP contribution in [0.2, 0.25) is 0 Å². The fourth-order valence-corrected chi connectivity index (χ4v) is 4.47. The molecule has 0 bridgehead atoms. The molecule has 1 N–H and O–H groups in total. The molecule has 0 aliphatic carbocycles. The monoisotopic (exact) mass is 498 g/mol. The van der Waals surface area contributed by atoms with E-state index in [1.807, 2.05) is 86.9 Å². The van der Waals surface area contributed by atoms with E-state index in [1.165, 1.54) is 5.56 Å². The summed E-state index contributed by atoms with van der Waals surface area (Å²) in [5, 5.41) is 9.22. The quantitative estimate of drug-likeness (QED) is 0.446. The number of ether oxygens (including phenoxy) is 1. The maximum Gasteiger partial charge on any atom is 0.243 e. The summed E-state index contributed by atoms with van der Waals surface area (Å²) < 4.78 is 5.29. The van der Waals surface area contributed by atoms with Gasteiger partial charge in [0.2, 0.25) is 11.8 Å². The molecule has 0 spiro atoms. The molecule has 3 aromatic rings. The first-order chi connectivity index (χ1) is 17.9. The Balaban J connectivity index is 1.41. The van der Waals surface area contributed by atoms with E-state index in [4.69, 9.17) is 9.84 Å². The van der Waals surface area contributed by atoms with E-state index in [0.717, 1.165) is 34.7 Å². The Bertz CT molecular complexity index is 1240. The summed E-state index contributed by atoms with van der Waals surface area (Å²) in [4.78, 5) is 28.0. The molecule has 0 radical (unpaired) electrons. The van der Waals surface area contributed by atoms with Crippen molar-refractivity contribution >= 4 is 17.5 Å². The molecule has 0 aromatic heterocycles. The van der Waals surface area contributed by atoms with Crippen molar-refractivity contribution < 1.29 is 14.3 Å². The fourth-order valence-electron chi connectivity index (χ4n) is 4.47. The van der Waals surface area contributed by atoms with Crippen molar-refractivity contribution in [1.29, 1.82) is 0 Å². The Kier molecular flexibility index (Phi) is 8.69. The number of hydrogen-bond donors (Lipinski definition) is 1. The number of amides is 2. The fraction of sp³-hybridized carbons (Fsp3) is 0.300. The number of carbonyl (C=O) groups is 2. The summed E-state index contributed by atoms with van der Waals surface area (Å²) in [7, 11) is 5.66. The van der Waals surface area contributed by atoms with Gasteiger partial charge in [-0.2, -0.15) is 5.10 Å². The molecule has 3 aromatic carbocycles. The smallest absolute Gasteiger partial charge is 0.243 e. The largest absolute Gasteiger partial charge is 0.497 e. The lowest BCUT2D eigenvalue weighted by Crippen LogP contribution is -2.29. The van der Waals surface area contributed by atoms with Crippen molar-refractivity contribution in [2.24, 2.45) is 5.10 Å². The third kappa shape index (κ3) is 6.83. The molecule has 0 saturated heterocycles. The molecular weight excluding hydrogens is 464 g/mol. The lowest BCUT2D eigenvalue weighted by atomic mass is 9.98. The average molecular weight is 499 g/mol. The third-order valence-corrected chi connectivity index (χ3v) is 6.42. The summed E-state index contributed by atoms with van der Waals surface area (Å²) in [5.41, 5.74) is 5.08. The van der Waals surface area contributed by atoms with E-state index in [0.29, 0.717) is 13.0 Å². The Labute approximate surface area is 218 Å². The van der Waals surface area contributed by atoms with E-state index in [9.17, 15) is 9.59 Å². The minimum atomic E-state index is -0.227. The zero-order valence-electron chi connectivity index (χ0n) is 21.7. The van der Waals surface area contributed by atoms with Crippen LogP contribution in [-0.4, -0.2) is 48.6 Å². The Morgan fingerprint density at radius 2 is 1.62 bits per heavy atom. The van der Waals surface area contributed by atoms with Gasteiger partial charge in [-0.25, -0.2) is 5.01 Å². The minimum absolute atomic E-state index is 0.0867. The molecule has 7 nitrogen and oxygen atoms in total. The number of nitrogens with one attached hydrogen (secondary N) is 1. The summed E-state index contributed by atoms with van der Waals surface area (Å²) in [6, 6.07) is 25.4. The first-order valence-corrected chi connectivity index (χ1v) is 12.5. The molecule has 0 saturated carbocycles. The predicted octanol–water partition coefficient (Wildman–Crippen LogP) is 4.53. The van der Waals surface area contributed by atoms with Crippen LogP contribution in [0.5, 0.6) is 5.75 Å². The Hall–Kier alpha value is -3.97. The zero-order chi connectivity index (χ0) is 26.2. The molecule has 0 fully saturated rings. The molecule has 1 aliphatic rings. The molecule has 1 atom stereocenters. The number of hydrogen-bond acceptors (Lipinski definition) is 5. The molecule has 192 valence electrons. The van der Waals surface area contributed by atoms with Crippen molar-refractivity contribution in [1.82, 2.24) is 15.2 Å². The average Bonchev–Trinajstić information content (AvgIpc) is 3.37. The highest BCUT2D eigenvalue weighted by Crippen LogP contribution is 2.34. The van der Waals surface area contributed by atoms with Gasteiger partial charge in [-0.15, -0.1) is 0 Å². The maximum atomic E-state index is 13.3. The number of rotatable bonds is 10. The van der Waals surface area contributed by atoms with Crippen molar-refractivity contribution in [3.8, 4) is 5.75 Å². The number of carbonyl (C=O) groups excluding carboxylic acids is 2. The normalized spacial score (nSPS) is 15.0. The summed E-state index contributed by atoms with van der Waals surface area (Å²) >= 11 is 0. The summed E-state index contributed by atoms with van der Waals surface area (Å²) in [6.07, 6.45) is 0.803. The van der Waals surface area contributed by atoms with Crippen LogP contribution >= 0.6 is 0 Å². The number of hydrazone groups is 1. The van der Waals surface area contributed by atoms with Crippen LogP contribution < -0.4 is 10.1 Å². The standard InChI is InChI=1S/C30H34N4O3/c1-33(2)21-25-12-8-7-11-24(25)20-31-29(35)17-18-30(36)34-28(23-13-15-26(37-3)16-14-23)19-27(32-34)22-9-5-4-6-10-22/h4-16,28H,17-21H2,1-3H3,(H,31,35). The molecule has 1 unspecified atom stereocenters. The van der Waals surface area contributed by atoms with Gasteiger partial charge in [0, 0.05) is 32.4 Å². The maximum absolute atomic E-state index is 13.3.